The van der Waals surface area contributed by atoms with Crippen molar-refractivity contribution in [2.24, 2.45) is 0 Å². The second-order valence-corrected chi connectivity index (χ2v) is 7.84. The number of carbonyl (C=O) groups is 2. The Morgan fingerprint density at radius 3 is 2.10 bits per heavy atom. The highest BCUT2D eigenvalue weighted by Gasteiger charge is 2.19. The molecule has 1 atom stereocenters. The molecule has 2 aromatic rings. The molecule has 1 fully saturated rings. The molecule has 1 saturated heterocycles. The van der Waals surface area contributed by atoms with Crippen LogP contribution in [0, 0.1) is 0 Å². The van der Waals surface area contributed by atoms with Gasteiger partial charge in [-0.1, -0.05) is 48.5 Å². The summed E-state index contributed by atoms with van der Waals surface area (Å²) in [5.41, 5.74) is 4.78. The molecule has 2 N–H and O–H groups in total. The van der Waals surface area contributed by atoms with Crippen molar-refractivity contribution in [3.05, 3.63) is 59.7 Å². The molecule has 0 bridgehead atoms. The van der Waals surface area contributed by atoms with Crippen molar-refractivity contribution in [1.29, 1.82) is 0 Å². The number of carboxylic acids is 1. The number of aryl methyl sites for hydroxylation is 1. The van der Waals surface area contributed by atoms with E-state index in [0.717, 1.165) is 30.1 Å². The predicted octanol–water partition coefficient (Wildman–Crippen LogP) is 3.51. The molecule has 1 aliphatic rings. The van der Waals surface area contributed by atoms with Crippen LogP contribution < -0.4 is 5.32 Å². The number of carboxylic acid groups (broad SMARTS) is 1. The van der Waals surface area contributed by atoms with Gasteiger partial charge in [0.05, 0.1) is 0 Å². The highest BCUT2D eigenvalue weighted by atomic mass is 16.4. The van der Waals surface area contributed by atoms with Crippen LogP contribution in [0.2, 0.25) is 0 Å². The third kappa shape index (κ3) is 6.43. The van der Waals surface area contributed by atoms with Gasteiger partial charge in [-0.2, -0.15) is 0 Å². The van der Waals surface area contributed by atoms with Gasteiger partial charge in [-0.3, -0.25) is 9.59 Å². The van der Waals surface area contributed by atoms with Gasteiger partial charge in [0.2, 0.25) is 5.91 Å². The van der Waals surface area contributed by atoms with Gasteiger partial charge in [0.1, 0.15) is 6.54 Å². The summed E-state index contributed by atoms with van der Waals surface area (Å²) >= 11 is 0. The lowest BCUT2D eigenvalue weighted by Gasteiger charge is -2.20. The van der Waals surface area contributed by atoms with E-state index < -0.39 is 5.97 Å². The molecule has 1 heterocycles. The fraction of sp³-hybridized carbons (Fsp3) is 0.417. The molecule has 0 unspecified atom stereocenters. The van der Waals surface area contributed by atoms with Gasteiger partial charge in [0.15, 0.2) is 0 Å². The van der Waals surface area contributed by atoms with Gasteiger partial charge >= 0.3 is 5.97 Å². The molecule has 154 valence electrons. The van der Waals surface area contributed by atoms with Crippen LogP contribution in [-0.4, -0.2) is 47.6 Å². The van der Waals surface area contributed by atoms with Gasteiger partial charge in [-0.05, 0) is 61.4 Å². The van der Waals surface area contributed by atoms with Crippen LogP contribution in [0.4, 0.5) is 0 Å². The van der Waals surface area contributed by atoms with Crippen molar-refractivity contribution in [3.8, 4) is 11.1 Å². The molecule has 29 heavy (non-hydrogen) atoms. The molecule has 5 nitrogen and oxygen atoms in total. The van der Waals surface area contributed by atoms with E-state index >= 15 is 0 Å². The Bertz CT molecular complexity index is 815. The summed E-state index contributed by atoms with van der Waals surface area (Å²) < 4.78 is 0. The molecular formula is C24H30N2O3. The fourth-order valence-electron chi connectivity index (χ4n) is 3.85. The Kier molecular flexibility index (Phi) is 7.42. The van der Waals surface area contributed by atoms with Gasteiger partial charge < -0.3 is 15.3 Å². The normalized spacial score (nSPS) is 16.7. The molecule has 0 aliphatic carbocycles. The number of hydrogen-bond acceptors (Lipinski definition) is 3. The van der Waals surface area contributed by atoms with Crippen molar-refractivity contribution in [3.63, 3.8) is 0 Å². The maximum atomic E-state index is 11.6. The lowest BCUT2D eigenvalue weighted by Crippen LogP contribution is -2.29. The molecule has 3 rings (SSSR count). The minimum atomic E-state index is -1.03. The number of likely N-dealkylation sites (tertiary alicyclic amines) is 1. The average molecular weight is 395 g/mol. The zero-order valence-corrected chi connectivity index (χ0v) is 17.1. The molecule has 2 aromatic carbocycles. The van der Waals surface area contributed by atoms with Crippen molar-refractivity contribution in [2.75, 3.05) is 19.6 Å². The lowest BCUT2D eigenvalue weighted by atomic mass is 10.0. The monoisotopic (exact) mass is 394 g/mol. The first-order valence-corrected chi connectivity index (χ1v) is 10.4. The Balaban J connectivity index is 1.49. The minimum Gasteiger partial charge on any atom is -0.480 e. The van der Waals surface area contributed by atoms with Crippen LogP contribution in [0.5, 0.6) is 0 Å². The Morgan fingerprint density at radius 2 is 1.59 bits per heavy atom. The summed E-state index contributed by atoms with van der Waals surface area (Å²) in [7, 11) is 0. The second-order valence-electron chi connectivity index (χ2n) is 7.84. The standard InChI is InChI=1S/C24H30N2O3/c1-18-3-2-15-26(18)16-14-20-6-11-22(12-7-20)21-9-4-19(5-10-21)8-13-23(27)25-17-24(28)29/h4-7,9-12,18H,2-3,8,13-17H2,1H3,(H,25,27)(H,28,29)/t18-/m1/s1. The summed E-state index contributed by atoms with van der Waals surface area (Å²) in [6, 6.07) is 17.7. The average Bonchev–Trinajstić information content (AvgIpc) is 3.14. The number of amides is 1. The first kappa shape index (κ1) is 21.1. The van der Waals surface area contributed by atoms with Crippen LogP contribution in [0.15, 0.2) is 48.5 Å². The number of nitrogens with one attached hydrogen (secondary N) is 1. The highest BCUT2D eigenvalue weighted by Crippen LogP contribution is 2.22. The maximum Gasteiger partial charge on any atom is 0.322 e. The van der Waals surface area contributed by atoms with Gasteiger partial charge in [0.25, 0.3) is 0 Å². The summed E-state index contributed by atoms with van der Waals surface area (Å²) in [4.78, 5) is 24.7. The zero-order valence-electron chi connectivity index (χ0n) is 17.1. The maximum absolute atomic E-state index is 11.6. The Morgan fingerprint density at radius 1 is 1.00 bits per heavy atom. The molecule has 0 radical (unpaired) electrons. The SMILES string of the molecule is C[C@@H]1CCCN1CCc1ccc(-c2ccc(CCC(=O)NCC(=O)O)cc2)cc1. The van der Waals surface area contributed by atoms with Crippen molar-refractivity contribution in [1.82, 2.24) is 10.2 Å². The Labute approximate surface area is 172 Å². The van der Waals surface area contributed by atoms with Crippen LogP contribution in [-0.2, 0) is 22.4 Å². The number of rotatable bonds is 9. The van der Waals surface area contributed by atoms with E-state index in [0.29, 0.717) is 6.42 Å². The van der Waals surface area contributed by atoms with Crippen LogP contribution >= 0.6 is 0 Å². The van der Waals surface area contributed by atoms with Crippen LogP contribution in [0.3, 0.4) is 0 Å². The van der Waals surface area contributed by atoms with Gasteiger partial charge in [-0.25, -0.2) is 0 Å². The number of benzene rings is 2. The number of aliphatic carboxylic acids is 1. The van der Waals surface area contributed by atoms with E-state index in [4.69, 9.17) is 5.11 Å². The number of carbonyl (C=O) groups excluding carboxylic acids is 1. The van der Waals surface area contributed by atoms with E-state index in [1.54, 1.807) is 0 Å². The molecule has 0 spiro atoms. The number of nitrogens with zero attached hydrogens (tertiary/aromatic N) is 1. The van der Waals surface area contributed by atoms with E-state index in [1.807, 2.05) is 12.1 Å². The largest absolute Gasteiger partial charge is 0.480 e. The Hall–Kier alpha value is -2.66. The third-order valence-electron chi connectivity index (χ3n) is 5.70. The summed E-state index contributed by atoms with van der Waals surface area (Å²) in [6.45, 7) is 4.36. The van der Waals surface area contributed by atoms with Crippen LogP contribution in [0.1, 0.15) is 37.3 Å². The summed E-state index contributed by atoms with van der Waals surface area (Å²) in [5, 5.41) is 11.0. The molecule has 0 saturated carbocycles. The van der Waals surface area contributed by atoms with E-state index in [1.165, 1.54) is 30.5 Å². The van der Waals surface area contributed by atoms with E-state index in [2.05, 4.69) is 53.5 Å². The van der Waals surface area contributed by atoms with Crippen molar-refractivity contribution < 1.29 is 14.7 Å². The van der Waals surface area contributed by atoms with E-state index in [-0.39, 0.29) is 18.9 Å². The quantitative estimate of drug-likeness (QED) is 0.683. The van der Waals surface area contributed by atoms with Crippen LogP contribution in [0.25, 0.3) is 11.1 Å². The van der Waals surface area contributed by atoms with Crippen molar-refractivity contribution in [2.45, 2.75) is 45.1 Å². The lowest BCUT2D eigenvalue weighted by molar-refractivity contribution is -0.137. The van der Waals surface area contributed by atoms with Gasteiger partial charge in [0, 0.05) is 19.0 Å². The predicted molar refractivity (Wildman–Crippen MR) is 115 cm³/mol. The topological polar surface area (TPSA) is 69.6 Å². The smallest absolute Gasteiger partial charge is 0.322 e. The van der Waals surface area contributed by atoms with E-state index in [9.17, 15) is 9.59 Å². The molecule has 5 heteroatoms. The summed E-state index contributed by atoms with van der Waals surface area (Å²) in [5.74, 6) is -1.27. The first-order valence-electron chi connectivity index (χ1n) is 10.4. The first-order chi connectivity index (χ1) is 14.0. The molecular weight excluding hydrogens is 364 g/mol. The zero-order chi connectivity index (χ0) is 20.6. The van der Waals surface area contributed by atoms with Gasteiger partial charge in [-0.15, -0.1) is 0 Å². The third-order valence-corrected chi connectivity index (χ3v) is 5.70. The highest BCUT2D eigenvalue weighted by molar-refractivity contribution is 5.81. The fourth-order valence-corrected chi connectivity index (χ4v) is 3.85. The number of hydrogen-bond donors (Lipinski definition) is 2. The molecule has 1 aliphatic heterocycles. The van der Waals surface area contributed by atoms with Crippen molar-refractivity contribution >= 4 is 11.9 Å². The second kappa shape index (κ2) is 10.2. The minimum absolute atomic E-state index is 0.240. The summed E-state index contributed by atoms with van der Waals surface area (Å²) in [6.07, 6.45) is 4.62. The molecule has 0 aromatic heterocycles. The molecule has 1 amide bonds.